The van der Waals surface area contributed by atoms with Gasteiger partial charge in [0.15, 0.2) is 0 Å². The Balaban J connectivity index is 2.38. The van der Waals surface area contributed by atoms with Crippen molar-refractivity contribution >= 4 is 17.5 Å². The summed E-state index contributed by atoms with van der Waals surface area (Å²) < 4.78 is 0. The Kier molecular flexibility index (Phi) is 4.43. The highest BCUT2D eigenvalue weighted by Gasteiger charge is 2.00. The van der Waals surface area contributed by atoms with Gasteiger partial charge in [0.25, 0.3) is 0 Å². The van der Waals surface area contributed by atoms with E-state index in [2.05, 4.69) is 10.9 Å². The third-order valence-electron chi connectivity index (χ3n) is 1.82. The topological polar surface area (TPSA) is 41.1 Å². The number of carbonyl (C=O) groups is 1. The van der Waals surface area contributed by atoms with Gasteiger partial charge in [0.1, 0.15) is 0 Å². The first kappa shape index (κ1) is 11.0. The zero-order chi connectivity index (χ0) is 10.4. The molecule has 0 atom stereocenters. The predicted octanol–water partition coefficient (Wildman–Crippen LogP) is 1.52. The lowest BCUT2D eigenvalue weighted by atomic mass is 10.1. The lowest BCUT2D eigenvalue weighted by molar-refractivity contribution is -0.121. The van der Waals surface area contributed by atoms with E-state index in [9.17, 15) is 4.79 Å². The molecule has 0 aliphatic carbocycles. The first-order valence-corrected chi connectivity index (χ1v) is 4.80. The Hall–Kier alpha value is -1.06. The molecule has 0 aliphatic rings. The number of hydrazine groups is 1. The van der Waals surface area contributed by atoms with Crippen molar-refractivity contribution in [1.82, 2.24) is 10.9 Å². The molecular formula is C10H13ClN2O. The third kappa shape index (κ3) is 3.77. The SMILES string of the molecule is CNNC(=O)CCc1ccc(Cl)cc1. The van der Waals surface area contributed by atoms with Crippen LogP contribution < -0.4 is 10.9 Å². The number of aryl methyl sites for hydroxylation is 1. The molecule has 0 saturated carbocycles. The Bertz CT molecular complexity index is 297. The van der Waals surface area contributed by atoms with E-state index in [1.54, 1.807) is 7.05 Å². The van der Waals surface area contributed by atoms with Crippen LogP contribution in [0.3, 0.4) is 0 Å². The van der Waals surface area contributed by atoms with Gasteiger partial charge in [0, 0.05) is 18.5 Å². The molecule has 2 N–H and O–H groups in total. The van der Waals surface area contributed by atoms with Crippen LogP contribution >= 0.6 is 11.6 Å². The molecule has 1 aromatic rings. The molecule has 0 aromatic heterocycles. The average molecular weight is 213 g/mol. The molecule has 0 saturated heterocycles. The van der Waals surface area contributed by atoms with Crippen LogP contribution in [0.25, 0.3) is 0 Å². The van der Waals surface area contributed by atoms with E-state index in [1.807, 2.05) is 24.3 Å². The highest BCUT2D eigenvalue weighted by Crippen LogP contribution is 2.10. The normalized spacial score (nSPS) is 9.86. The van der Waals surface area contributed by atoms with Gasteiger partial charge < -0.3 is 0 Å². The van der Waals surface area contributed by atoms with Gasteiger partial charge in [0.2, 0.25) is 5.91 Å². The Morgan fingerprint density at radius 1 is 1.36 bits per heavy atom. The van der Waals surface area contributed by atoms with Crippen molar-refractivity contribution in [3.8, 4) is 0 Å². The number of amides is 1. The second kappa shape index (κ2) is 5.62. The molecule has 1 aromatic carbocycles. The molecule has 0 radical (unpaired) electrons. The van der Waals surface area contributed by atoms with Crippen LogP contribution in [0.2, 0.25) is 5.02 Å². The molecule has 1 rings (SSSR count). The van der Waals surface area contributed by atoms with Gasteiger partial charge in [-0.25, -0.2) is 5.43 Å². The van der Waals surface area contributed by atoms with E-state index in [4.69, 9.17) is 11.6 Å². The van der Waals surface area contributed by atoms with Crippen molar-refractivity contribution in [1.29, 1.82) is 0 Å². The van der Waals surface area contributed by atoms with Gasteiger partial charge in [-0.2, -0.15) is 0 Å². The van der Waals surface area contributed by atoms with Crippen molar-refractivity contribution in [2.45, 2.75) is 12.8 Å². The fourth-order valence-electron chi connectivity index (χ4n) is 1.11. The molecule has 0 unspecified atom stereocenters. The van der Waals surface area contributed by atoms with Crippen molar-refractivity contribution in [2.24, 2.45) is 0 Å². The smallest absolute Gasteiger partial charge is 0.234 e. The van der Waals surface area contributed by atoms with Gasteiger partial charge in [-0.15, -0.1) is 0 Å². The number of benzene rings is 1. The van der Waals surface area contributed by atoms with E-state index >= 15 is 0 Å². The number of halogens is 1. The summed E-state index contributed by atoms with van der Waals surface area (Å²) in [7, 11) is 1.67. The van der Waals surface area contributed by atoms with Crippen molar-refractivity contribution in [3.63, 3.8) is 0 Å². The minimum Gasteiger partial charge on any atom is -0.292 e. The second-order valence-corrected chi connectivity index (χ2v) is 3.36. The van der Waals surface area contributed by atoms with E-state index in [0.717, 1.165) is 12.0 Å². The summed E-state index contributed by atoms with van der Waals surface area (Å²) in [6.45, 7) is 0. The number of carbonyl (C=O) groups excluding carboxylic acids is 1. The number of hydrogen-bond donors (Lipinski definition) is 2. The summed E-state index contributed by atoms with van der Waals surface area (Å²) in [5.74, 6) is -0.0116. The predicted molar refractivity (Wildman–Crippen MR) is 57.0 cm³/mol. The van der Waals surface area contributed by atoms with Gasteiger partial charge in [-0.1, -0.05) is 23.7 Å². The van der Waals surface area contributed by atoms with Crippen molar-refractivity contribution < 1.29 is 4.79 Å². The van der Waals surface area contributed by atoms with E-state index in [0.29, 0.717) is 11.4 Å². The van der Waals surface area contributed by atoms with Gasteiger partial charge in [-0.05, 0) is 24.1 Å². The van der Waals surface area contributed by atoms with Crippen LogP contribution in [-0.4, -0.2) is 13.0 Å². The number of nitrogens with one attached hydrogen (secondary N) is 2. The van der Waals surface area contributed by atoms with Gasteiger partial charge >= 0.3 is 0 Å². The maximum absolute atomic E-state index is 11.1. The summed E-state index contributed by atoms with van der Waals surface area (Å²) in [5, 5.41) is 0.716. The van der Waals surface area contributed by atoms with Crippen LogP contribution in [-0.2, 0) is 11.2 Å². The molecule has 0 aliphatic heterocycles. The van der Waals surface area contributed by atoms with Crippen LogP contribution in [0.1, 0.15) is 12.0 Å². The zero-order valence-corrected chi connectivity index (χ0v) is 8.77. The zero-order valence-electron chi connectivity index (χ0n) is 8.01. The molecule has 0 heterocycles. The first-order chi connectivity index (χ1) is 6.72. The monoisotopic (exact) mass is 212 g/mol. The first-order valence-electron chi connectivity index (χ1n) is 4.42. The highest BCUT2D eigenvalue weighted by molar-refractivity contribution is 6.30. The molecular weight excluding hydrogens is 200 g/mol. The lowest BCUT2D eigenvalue weighted by Crippen LogP contribution is -2.34. The average Bonchev–Trinajstić information content (AvgIpc) is 2.17. The molecule has 4 heteroatoms. The number of rotatable bonds is 4. The molecule has 3 nitrogen and oxygen atoms in total. The van der Waals surface area contributed by atoms with Crippen LogP contribution in [0.5, 0.6) is 0 Å². The standard InChI is InChI=1S/C10H13ClN2O/c1-12-13-10(14)7-4-8-2-5-9(11)6-3-8/h2-3,5-6,12H,4,7H2,1H3,(H,13,14). The van der Waals surface area contributed by atoms with Crippen molar-refractivity contribution in [3.05, 3.63) is 34.9 Å². The second-order valence-electron chi connectivity index (χ2n) is 2.92. The molecule has 1 amide bonds. The largest absolute Gasteiger partial charge is 0.292 e. The minimum absolute atomic E-state index is 0.0116. The van der Waals surface area contributed by atoms with E-state index in [-0.39, 0.29) is 5.91 Å². The molecule has 76 valence electrons. The Labute approximate surface area is 88.4 Å². The molecule has 0 spiro atoms. The Morgan fingerprint density at radius 3 is 2.57 bits per heavy atom. The van der Waals surface area contributed by atoms with Gasteiger partial charge in [-0.3, -0.25) is 10.2 Å². The van der Waals surface area contributed by atoms with E-state index < -0.39 is 0 Å². The summed E-state index contributed by atoms with van der Waals surface area (Å²) in [6.07, 6.45) is 1.20. The van der Waals surface area contributed by atoms with Crippen molar-refractivity contribution in [2.75, 3.05) is 7.05 Å². The summed E-state index contributed by atoms with van der Waals surface area (Å²) in [4.78, 5) is 11.1. The quantitative estimate of drug-likeness (QED) is 0.744. The Morgan fingerprint density at radius 2 is 2.00 bits per heavy atom. The minimum atomic E-state index is -0.0116. The summed E-state index contributed by atoms with van der Waals surface area (Å²) >= 11 is 5.73. The van der Waals surface area contributed by atoms with Crippen LogP contribution in [0.15, 0.2) is 24.3 Å². The fraction of sp³-hybridized carbons (Fsp3) is 0.300. The van der Waals surface area contributed by atoms with Gasteiger partial charge in [0.05, 0.1) is 0 Å². The molecule has 0 bridgehead atoms. The summed E-state index contributed by atoms with van der Waals surface area (Å²) in [6, 6.07) is 7.50. The highest BCUT2D eigenvalue weighted by atomic mass is 35.5. The summed E-state index contributed by atoms with van der Waals surface area (Å²) in [5.41, 5.74) is 6.22. The third-order valence-corrected chi connectivity index (χ3v) is 2.07. The molecule has 14 heavy (non-hydrogen) atoms. The fourth-order valence-corrected chi connectivity index (χ4v) is 1.24. The van der Waals surface area contributed by atoms with Crippen LogP contribution in [0, 0.1) is 0 Å². The lowest BCUT2D eigenvalue weighted by Gasteiger charge is -2.02. The maximum atomic E-state index is 11.1. The number of hydrogen-bond acceptors (Lipinski definition) is 2. The molecule has 0 fully saturated rings. The van der Waals surface area contributed by atoms with Crippen LogP contribution in [0.4, 0.5) is 0 Å². The van der Waals surface area contributed by atoms with E-state index in [1.165, 1.54) is 0 Å². The maximum Gasteiger partial charge on any atom is 0.234 e.